The summed E-state index contributed by atoms with van der Waals surface area (Å²) in [6, 6.07) is 3.89. The maximum Gasteiger partial charge on any atom is 0.319 e. The smallest absolute Gasteiger partial charge is 0.319 e. The molecule has 30 heavy (non-hydrogen) atoms. The number of carbonyl (C=O) groups is 4. The van der Waals surface area contributed by atoms with E-state index >= 15 is 0 Å². The van der Waals surface area contributed by atoms with Crippen LogP contribution in [0.5, 0.6) is 0 Å². The van der Waals surface area contributed by atoms with E-state index in [9.17, 15) is 19.2 Å². The Morgan fingerprint density at radius 3 is 2.77 bits per heavy atom. The lowest BCUT2D eigenvalue weighted by molar-refractivity contribution is -0.146. The van der Waals surface area contributed by atoms with E-state index in [1.807, 2.05) is 6.92 Å². The summed E-state index contributed by atoms with van der Waals surface area (Å²) in [5.74, 6) is -1.53. The van der Waals surface area contributed by atoms with Crippen molar-refractivity contribution in [2.75, 3.05) is 18.4 Å². The van der Waals surface area contributed by atoms with Crippen molar-refractivity contribution in [3.63, 3.8) is 0 Å². The molecule has 5 amide bonds. The molecular weight excluding hydrogens is 410 g/mol. The molecule has 0 aliphatic carbocycles. The van der Waals surface area contributed by atoms with Gasteiger partial charge in [-0.05, 0) is 37.5 Å². The SMILES string of the molecule is C=C1CCC(N2C(=O)C=C(NCCNC(=O)Nc3ccc(C)c(Cl)c3)C2=O)C(=O)N1. The molecule has 0 spiro atoms. The van der Waals surface area contributed by atoms with Crippen molar-refractivity contribution >= 4 is 41.0 Å². The van der Waals surface area contributed by atoms with Crippen LogP contribution in [0.25, 0.3) is 0 Å². The van der Waals surface area contributed by atoms with Crippen molar-refractivity contribution in [2.45, 2.75) is 25.8 Å². The van der Waals surface area contributed by atoms with Gasteiger partial charge in [-0.2, -0.15) is 0 Å². The van der Waals surface area contributed by atoms with Gasteiger partial charge in [0.05, 0.1) is 0 Å². The molecule has 0 bridgehead atoms. The number of nitrogens with one attached hydrogen (secondary N) is 4. The van der Waals surface area contributed by atoms with Crippen LogP contribution in [0.3, 0.4) is 0 Å². The molecule has 2 heterocycles. The zero-order chi connectivity index (χ0) is 21.8. The third kappa shape index (κ3) is 4.80. The van der Waals surface area contributed by atoms with E-state index in [1.165, 1.54) is 0 Å². The molecule has 1 fully saturated rings. The van der Waals surface area contributed by atoms with Crippen molar-refractivity contribution < 1.29 is 19.2 Å². The van der Waals surface area contributed by atoms with Gasteiger partial charge in [-0.25, -0.2) is 4.79 Å². The summed E-state index contributed by atoms with van der Waals surface area (Å²) in [6.45, 7) is 5.97. The summed E-state index contributed by atoms with van der Waals surface area (Å²) in [4.78, 5) is 49.7. The lowest BCUT2D eigenvalue weighted by Crippen LogP contribution is -2.52. The highest BCUT2D eigenvalue weighted by Crippen LogP contribution is 2.22. The number of allylic oxidation sites excluding steroid dienone is 1. The van der Waals surface area contributed by atoms with Crippen LogP contribution in [-0.2, 0) is 14.4 Å². The summed E-state index contributed by atoms with van der Waals surface area (Å²) in [5, 5.41) is 11.2. The van der Waals surface area contributed by atoms with E-state index in [2.05, 4.69) is 27.8 Å². The summed E-state index contributed by atoms with van der Waals surface area (Å²) in [5.41, 5.74) is 2.11. The minimum absolute atomic E-state index is 0.0877. The van der Waals surface area contributed by atoms with Crippen LogP contribution in [0.15, 0.2) is 42.2 Å². The lowest BCUT2D eigenvalue weighted by Gasteiger charge is -2.29. The number of piperidine rings is 1. The second kappa shape index (κ2) is 9.00. The first-order chi connectivity index (χ1) is 14.3. The zero-order valence-electron chi connectivity index (χ0n) is 16.4. The fourth-order valence-corrected chi connectivity index (χ4v) is 3.31. The highest BCUT2D eigenvalue weighted by molar-refractivity contribution is 6.31. The van der Waals surface area contributed by atoms with Crippen LogP contribution >= 0.6 is 11.6 Å². The molecule has 1 atom stereocenters. The van der Waals surface area contributed by atoms with Gasteiger partial charge in [0, 0.05) is 35.6 Å². The van der Waals surface area contributed by atoms with Gasteiger partial charge < -0.3 is 21.3 Å². The van der Waals surface area contributed by atoms with Crippen LogP contribution in [0, 0.1) is 6.92 Å². The Bertz CT molecular complexity index is 959. The Kier molecular flexibility index (Phi) is 6.41. The Hall–Kier alpha value is -3.33. The van der Waals surface area contributed by atoms with Gasteiger partial charge in [0.25, 0.3) is 11.8 Å². The molecule has 3 rings (SSSR count). The molecule has 4 N–H and O–H groups in total. The minimum atomic E-state index is -0.851. The van der Waals surface area contributed by atoms with E-state index in [0.717, 1.165) is 16.5 Å². The predicted octanol–water partition coefficient (Wildman–Crippen LogP) is 1.40. The number of aryl methyl sites for hydroxylation is 1. The second-order valence-corrected chi connectivity index (χ2v) is 7.40. The zero-order valence-corrected chi connectivity index (χ0v) is 17.1. The first-order valence-electron chi connectivity index (χ1n) is 9.39. The average molecular weight is 432 g/mol. The van der Waals surface area contributed by atoms with Gasteiger partial charge in [0.15, 0.2) is 0 Å². The number of anilines is 1. The number of halogens is 1. The molecule has 9 nitrogen and oxygen atoms in total. The standard InChI is InChI=1S/C20H22ClN5O4/c1-11-3-5-13(9-14(11)21)25-20(30)23-8-7-22-15-10-17(27)26(19(15)29)16-6-4-12(2)24-18(16)28/h3,5,9-10,16,22H,2,4,6-8H2,1H3,(H,24,28)(H2,23,25,30). The molecule has 1 saturated heterocycles. The van der Waals surface area contributed by atoms with Gasteiger partial charge >= 0.3 is 6.03 Å². The maximum atomic E-state index is 12.5. The second-order valence-electron chi connectivity index (χ2n) is 6.99. The number of hydrogen-bond acceptors (Lipinski definition) is 5. The molecule has 1 unspecified atom stereocenters. The number of rotatable bonds is 6. The van der Waals surface area contributed by atoms with Crippen molar-refractivity contribution in [1.29, 1.82) is 0 Å². The number of carbonyl (C=O) groups excluding carboxylic acids is 4. The quantitative estimate of drug-likeness (QED) is 0.401. The first kappa shape index (κ1) is 21.4. The van der Waals surface area contributed by atoms with Crippen molar-refractivity contribution in [2.24, 2.45) is 0 Å². The Morgan fingerprint density at radius 2 is 2.07 bits per heavy atom. The van der Waals surface area contributed by atoms with E-state index in [1.54, 1.807) is 18.2 Å². The molecule has 0 radical (unpaired) electrons. The Labute approximate surface area is 178 Å². The highest BCUT2D eigenvalue weighted by atomic mass is 35.5. The van der Waals surface area contributed by atoms with Gasteiger partial charge in [0.1, 0.15) is 11.7 Å². The Morgan fingerprint density at radius 1 is 1.30 bits per heavy atom. The number of hydrogen-bond donors (Lipinski definition) is 4. The summed E-state index contributed by atoms with van der Waals surface area (Å²) < 4.78 is 0. The molecule has 0 aromatic heterocycles. The van der Waals surface area contributed by atoms with Crippen LogP contribution in [-0.4, -0.2) is 47.8 Å². The van der Waals surface area contributed by atoms with Crippen LogP contribution < -0.4 is 21.3 Å². The lowest BCUT2D eigenvalue weighted by atomic mass is 10.0. The van der Waals surface area contributed by atoms with E-state index < -0.39 is 29.8 Å². The van der Waals surface area contributed by atoms with Gasteiger partial charge in [-0.3, -0.25) is 19.3 Å². The fourth-order valence-electron chi connectivity index (χ4n) is 3.13. The molecule has 1 aromatic rings. The molecule has 10 heteroatoms. The van der Waals surface area contributed by atoms with E-state index in [-0.39, 0.29) is 18.8 Å². The fraction of sp³-hybridized carbons (Fsp3) is 0.300. The molecule has 2 aliphatic rings. The third-order valence-electron chi connectivity index (χ3n) is 4.74. The number of amides is 5. The first-order valence-corrected chi connectivity index (χ1v) is 9.77. The number of benzene rings is 1. The largest absolute Gasteiger partial charge is 0.379 e. The number of imide groups is 1. The predicted molar refractivity (Wildman–Crippen MR) is 111 cm³/mol. The average Bonchev–Trinajstić information content (AvgIpc) is 2.96. The van der Waals surface area contributed by atoms with Crippen molar-refractivity contribution in [3.8, 4) is 0 Å². The summed E-state index contributed by atoms with van der Waals surface area (Å²) in [6.07, 6.45) is 2.00. The minimum Gasteiger partial charge on any atom is -0.379 e. The highest BCUT2D eigenvalue weighted by Gasteiger charge is 2.41. The topological polar surface area (TPSA) is 120 Å². The van der Waals surface area contributed by atoms with E-state index in [4.69, 9.17) is 11.6 Å². The molecule has 158 valence electrons. The Balaban J connectivity index is 1.45. The van der Waals surface area contributed by atoms with Gasteiger partial charge in [-0.1, -0.05) is 24.2 Å². The summed E-state index contributed by atoms with van der Waals surface area (Å²) in [7, 11) is 0. The molecular formula is C20H22ClN5O4. The third-order valence-corrected chi connectivity index (χ3v) is 5.15. The van der Waals surface area contributed by atoms with E-state index in [0.29, 0.717) is 29.2 Å². The van der Waals surface area contributed by atoms with Crippen molar-refractivity contribution in [1.82, 2.24) is 20.9 Å². The monoisotopic (exact) mass is 431 g/mol. The van der Waals surface area contributed by atoms with Gasteiger partial charge in [0.2, 0.25) is 5.91 Å². The number of urea groups is 1. The van der Waals surface area contributed by atoms with Crippen molar-refractivity contribution in [3.05, 3.63) is 52.8 Å². The molecule has 2 aliphatic heterocycles. The van der Waals surface area contributed by atoms with Crippen LogP contribution in [0.1, 0.15) is 18.4 Å². The molecule has 0 saturated carbocycles. The normalized spacial score (nSPS) is 18.8. The maximum absolute atomic E-state index is 12.5. The van der Waals surface area contributed by atoms with Gasteiger partial charge in [-0.15, -0.1) is 0 Å². The number of nitrogens with zero attached hydrogens (tertiary/aromatic N) is 1. The molecule has 1 aromatic carbocycles. The van der Waals surface area contributed by atoms with Crippen LogP contribution in [0.2, 0.25) is 5.02 Å². The summed E-state index contributed by atoms with van der Waals surface area (Å²) >= 11 is 6.03. The van der Waals surface area contributed by atoms with Crippen LogP contribution in [0.4, 0.5) is 10.5 Å².